The summed E-state index contributed by atoms with van der Waals surface area (Å²) in [7, 11) is 0. The number of hydrogen-bond donors (Lipinski definition) is 0. The topological polar surface area (TPSA) is 85.9 Å². The number of furan rings is 1. The molecule has 0 radical (unpaired) electrons. The molecule has 0 fully saturated rings. The van der Waals surface area contributed by atoms with Crippen LogP contribution in [0.2, 0.25) is 5.02 Å². The van der Waals surface area contributed by atoms with Crippen LogP contribution in [0.3, 0.4) is 0 Å². The van der Waals surface area contributed by atoms with Gasteiger partial charge in [-0.1, -0.05) is 17.7 Å². The molecule has 0 spiro atoms. The number of benzene rings is 1. The van der Waals surface area contributed by atoms with Crippen molar-refractivity contribution in [2.75, 3.05) is 0 Å². The summed E-state index contributed by atoms with van der Waals surface area (Å²) in [6.07, 6.45) is 4.79. The lowest BCUT2D eigenvalue weighted by Crippen LogP contribution is -1.92. The van der Waals surface area contributed by atoms with Crippen LogP contribution in [0.15, 0.2) is 68.8 Å². The second-order valence-electron chi connectivity index (χ2n) is 5.56. The number of rotatable bonds is 4. The zero-order chi connectivity index (χ0) is 19.0. The van der Waals surface area contributed by atoms with E-state index in [9.17, 15) is 10.1 Å². The smallest absolute Gasteiger partial charge is 0.284 e. The Hall–Kier alpha value is -2.97. The Morgan fingerprint density at radius 3 is 2.89 bits per heavy atom. The SMILES string of the molecule is O=[N+]([O-])c1cc(/C=N/c2c(-c3ccco3)nc3ccc(Cl)cn23)ccc1Br. The molecule has 0 aliphatic carbocycles. The summed E-state index contributed by atoms with van der Waals surface area (Å²) in [4.78, 5) is 19.7. The molecule has 0 unspecified atom stereocenters. The van der Waals surface area contributed by atoms with Gasteiger partial charge in [0.2, 0.25) is 0 Å². The molecular weight excluding hydrogens is 436 g/mol. The maximum atomic E-state index is 11.1. The number of hydrogen-bond acceptors (Lipinski definition) is 5. The molecule has 0 aliphatic rings. The highest BCUT2D eigenvalue weighted by Gasteiger charge is 2.16. The van der Waals surface area contributed by atoms with E-state index < -0.39 is 4.92 Å². The van der Waals surface area contributed by atoms with Crippen LogP contribution >= 0.6 is 27.5 Å². The van der Waals surface area contributed by atoms with Crippen molar-refractivity contribution in [3.05, 3.63) is 80.1 Å². The molecule has 3 aromatic heterocycles. The molecule has 0 aliphatic heterocycles. The van der Waals surface area contributed by atoms with Crippen molar-refractivity contribution in [1.82, 2.24) is 9.38 Å². The molecule has 134 valence electrons. The highest BCUT2D eigenvalue weighted by atomic mass is 79.9. The molecule has 9 heteroatoms. The summed E-state index contributed by atoms with van der Waals surface area (Å²) in [6, 6.07) is 11.8. The van der Waals surface area contributed by atoms with Crippen LogP contribution in [0.4, 0.5) is 11.5 Å². The summed E-state index contributed by atoms with van der Waals surface area (Å²) in [5, 5.41) is 11.6. The Labute approximate surface area is 166 Å². The Kier molecular flexibility index (Phi) is 4.51. The molecule has 4 rings (SSSR count). The van der Waals surface area contributed by atoms with Gasteiger partial charge in [0.25, 0.3) is 5.69 Å². The molecule has 4 aromatic rings. The number of aliphatic imine (C=N–C) groups is 1. The van der Waals surface area contributed by atoms with E-state index >= 15 is 0 Å². The molecule has 0 bridgehead atoms. The minimum atomic E-state index is -0.455. The van der Waals surface area contributed by atoms with Crippen molar-refractivity contribution >= 4 is 50.9 Å². The second-order valence-corrected chi connectivity index (χ2v) is 6.85. The first-order chi connectivity index (χ1) is 13.0. The van der Waals surface area contributed by atoms with Gasteiger partial charge in [-0.3, -0.25) is 14.5 Å². The lowest BCUT2D eigenvalue weighted by atomic mass is 10.2. The minimum absolute atomic E-state index is 0.0357. The van der Waals surface area contributed by atoms with Crippen LogP contribution < -0.4 is 0 Å². The Bertz CT molecular complexity index is 1190. The van der Waals surface area contributed by atoms with Gasteiger partial charge < -0.3 is 4.42 Å². The van der Waals surface area contributed by atoms with Crippen molar-refractivity contribution < 1.29 is 9.34 Å². The quantitative estimate of drug-likeness (QED) is 0.230. The van der Waals surface area contributed by atoms with Crippen molar-refractivity contribution in [2.24, 2.45) is 4.99 Å². The van der Waals surface area contributed by atoms with E-state index in [4.69, 9.17) is 16.0 Å². The molecular formula is C18H10BrClN4O3. The average molecular weight is 446 g/mol. The largest absolute Gasteiger partial charge is 0.463 e. The van der Waals surface area contributed by atoms with Crippen LogP contribution in [0.5, 0.6) is 0 Å². The monoisotopic (exact) mass is 444 g/mol. The predicted molar refractivity (Wildman–Crippen MR) is 106 cm³/mol. The van der Waals surface area contributed by atoms with Gasteiger partial charge >= 0.3 is 0 Å². The fourth-order valence-electron chi connectivity index (χ4n) is 2.59. The molecule has 0 atom stereocenters. The Morgan fingerprint density at radius 1 is 1.30 bits per heavy atom. The third kappa shape index (κ3) is 3.36. The van der Waals surface area contributed by atoms with E-state index in [-0.39, 0.29) is 5.69 Å². The van der Waals surface area contributed by atoms with E-state index in [1.807, 2.05) is 0 Å². The first-order valence-electron chi connectivity index (χ1n) is 7.72. The number of nitrogens with zero attached hydrogens (tertiary/aromatic N) is 4. The summed E-state index contributed by atoms with van der Waals surface area (Å²) >= 11 is 9.28. The standard InChI is InChI=1S/C18H10BrClN4O3/c19-13-5-3-11(8-14(13)24(25)26)9-21-18-17(15-2-1-7-27-15)22-16-6-4-12(20)10-23(16)18/h1-10H/b21-9+. The first kappa shape index (κ1) is 17.4. The van der Waals surface area contributed by atoms with Gasteiger partial charge in [-0.15, -0.1) is 0 Å². The number of aromatic nitrogens is 2. The second kappa shape index (κ2) is 6.98. The van der Waals surface area contributed by atoms with Gasteiger partial charge in [0.1, 0.15) is 5.65 Å². The van der Waals surface area contributed by atoms with Gasteiger partial charge in [-0.2, -0.15) is 0 Å². The lowest BCUT2D eigenvalue weighted by Gasteiger charge is -2.00. The van der Waals surface area contributed by atoms with Gasteiger partial charge in [0, 0.05) is 18.5 Å². The minimum Gasteiger partial charge on any atom is -0.463 e. The number of nitro benzene ring substituents is 1. The average Bonchev–Trinajstić information content (AvgIpc) is 3.28. The molecule has 0 saturated heterocycles. The normalized spacial score (nSPS) is 11.5. The number of imidazole rings is 1. The van der Waals surface area contributed by atoms with Crippen LogP contribution in [-0.4, -0.2) is 20.5 Å². The zero-order valence-corrected chi connectivity index (χ0v) is 15.9. The van der Waals surface area contributed by atoms with E-state index in [2.05, 4.69) is 25.9 Å². The summed E-state index contributed by atoms with van der Waals surface area (Å²) in [5.41, 5.74) is 1.74. The van der Waals surface area contributed by atoms with Crippen LogP contribution in [0.25, 0.3) is 17.1 Å². The molecule has 27 heavy (non-hydrogen) atoms. The van der Waals surface area contributed by atoms with Gasteiger partial charge in [0.15, 0.2) is 17.3 Å². The number of nitro groups is 1. The van der Waals surface area contributed by atoms with E-state index in [1.54, 1.807) is 53.3 Å². The summed E-state index contributed by atoms with van der Waals surface area (Å²) in [5.74, 6) is 1.07. The maximum absolute atomic E-state index is 11.1. The first-order valence-corrected chi connectivity index (χ1v) is 8.89. The highest BCUT2D eigenvalue weighted by Crippen LogP contribution is 2.32. The molecule has 3 heterocycles. The lowest BCUT2D eigenvalue weighted by molar-refractivity contribution is -0.385. The summed E-state index contributed by atoms with van der Waals surface area (Å²) in [6.45, 7) is 0. The van der Waals surface area contributed by atoms with E-state index in [0.29, 0.717) is 38.0 Å². The number of fused-ring (bicyclic) bond motifs is 1. The fraction of sp³-hybridized carbons (Fsp3) is 0. The Balaban J connectivity index is 1.85. The van der Waals surface area contributed by atoms with Crippen LogP contribution in [0.1, 0.15) is 5.56 Å². The zero-order valence-electron chi connectivity index (χ0n) is 13.5. The number of pyridine rings is 1. The molecule has 7 nitrogen and oxygen atoms in total. The molecule has 1 aromatic carbocycles. The van der Waals surface area contributed by atoms with Crippen molar-refractivity contribution in [1.29, 1.82) is 0 Å². The predicted octanol–water partition coefficient (Wildman–Crippen LogP) is 5.67. The third-order valence-corrected chi connectivity index (χ3v) is 4.71. The van der Waals surface area contributed by atoms with Gasteiger partial charge in [-0.25, -0.2) is 9.98 Å². The Morgan fingerprint density at radius 2 is 2.15 bits per heavy atom. The fourth-order valence-corrected chi connectivity index (χ4v) is 3.15. The van der Waals surface area contributed by atoms with Crippen molar-refractivity contribution in [3.8, 4) is 11.5 Å². The maximum Gasteiger partial charge on any atom is 0.284 e. The van der Waals surface area contributed by atoms with Gasteiger partial charge in [-0.05, 0) is 51.8 Å². The van der Waals surface area contributed by atoms with Crippen molar-refractivity contribution in [3.63, 3.8) is 0 Å². The van der Waals surface area contributed by atoms with Crippen LogP contribution in [-0.2, 0) is 0 Å². The van der Waals surface area contributed by atoms with Crippen LogP contribution in [0, 0.1) is 10.1 Å². The summed E-state index contributed by atoms with van der Waals surface area (Å²) < 4.78 is 7.61. The molecule has 0 saturated carbocycles. The van der Waals surface area contributed by atoms with E-state index in [0.717, 1.165) is 0 Å². The third-order valence-electron chi connectivity index (χ3n) is 3.81. The van der Waals surface area contributed by atoms with Crippen molar-refractivity contribution in [2.45, 2.75) is 0 Å². The van der Waals surface area contributed by atoms with Gasteiger partial charge in [0.05, 0.1) is 20.7 Å². The molecule has 0 amide bonds. The van der Waals surface area contributed by atoms with E-state index in [1.165, 1.54) is 12.3 Å². The number of halogens is 2. The molecule has 0 N–H and O–H groups in total. The highest BCUT2D eigenvalue weighted by molar-refractivity contribution is 9.10.